The fourth-order valence-corrected chi connectivity index (χ4v) is 3.96. The van der Waals surface area contributed by atoms with Gasteiger partial charge in [0, 0.05) is 31.6 Å². The van der Waals surface area contributed by atoms with Crippen molar-refractivity contribution in [3.63, 3.8) is 0 Å². The molecule has 1 aliphatic rings. The highest BCUT2D eigenvalue weighted by atomic mass is 32.1. The molecule has 0 radical (unpaired) electrons. The number of hydrogen-bond acceptors (Lipinski definition) is 6. The quantitative estimate of drug-likeness (QED) is 0.546. The number of benzene rings is 1. The van der Waals surface area contributed by atoms with Crippen molar-refractivity contribution in [3.8, 4) is 5.75 Å². The fourth-order valence-electron chi connectivity index (χ4n) is 3.25. The summed E-state index contributed by atoms with van der Waals surface area (Å²) in [5.41, 5.74) is 4.20. The fraction of sp³-hybridized carbons (Fsp3) is 0.500. The van der Waals surface area contributed by atoms with Crippen LogP contribution in [0.3, 0.4) is 0 Å². The maximum absolute atomic E-state index is 5.54. The minimum atomic E-state index is 0.235. The summed E-state index contributed by atoms with van der Waals surface area (Å²) >= 11 is 1.66. The zero-order chi connectivity index (χ0) is 19.8. The molecule has 8 heteroatoms. The maximum atomic E-state index is 5.54. The summed E-state index contributed by atoms with van der Waals surface area (Å²) in [6.07, 6.45) is 0. The predicted molar refractivity (Wildman–Crippen MR) is 113 cm³/mol. The molecule has 3 rings (SSSR count). The molecule has 1 saturated heterocycles. The molecule has 0 aliphatic carbocycles. The van der Waals surface area contributed by atoms with Gasteiger partial charge in [-0.15, -0.1) is 11.3 Å². The van der Waals surface area contributed by atoms with Crippen molar-refractivity contribution >= 4 is 17.3 Å². The lowest BCUT2D eigenvalue weighted by Gasteiger charge is -2.35. The van der Waals surface area contributed by atoms with Gasteiger partial charge in [-0.05, 0) is 24.6 Å². The molecule has 1 unspecified atom stereocenters. The molecule has 1 fully saturated rings. The van der Waals surface area contributed by atoms with Crippen LogP contribution in [0.5, 0.6) is 5.75 Å². The molecule has 2 heterocycles. The Balaban J connectivity index is 1.64. The minimum absolute atomic E-state index is 0.235. The van der Waals surface area contributed by atoms with Crippen molar-refractivity contribution < 1.29 is 9.47 Å². The van der Waals surface area contributed by atoms with Gasteiger partial charge in [-0.25, -0.2) is 4.98 Å². The molecule has 2 N–H and O–H groups in total. The minimum Gasteiger partial charge on any atom is -0.497 e. The number of rotatable bonds is 7. The lowest BCUT2D eigenvalue weighted by molar-refractivity contribution is 0.0170. The van der Waals surface area contributed by atoms with E-state index >= 15 is 0 Å². The summed E-state index contributed by atoms with van der Waals surface area (Å²) in [6.45, 7) is 6.89. The third-order valence-corrected chi connectivity index (χ3v) is 5.87. The Morgan fingerprint density at radius 3 is 2.64 bits per heavy atom. The van der Waals surface area contributed by atoms with Gasteiger partial charge in [0.2, 0.25) is 0 Å². The molecule has 0 saturated carbocycles. The summed E-state index contributed by atoms with van der Waals surface area (Å²) in [5, 5.41) is 6.87. The van der Waals surface area contributed by atoms with E-state index in [1.165, 1.54) is 10.4 Å². The topological polar surface area (TPSA) is 71.0 Å². The maximum Gasteiger partial charge on any atom is 0.191 e. The number of guanidine groups is 1. The second kappa shape index (κ2) is 10.4. The highest BCUT2D eigenvalue weighted by molar-refractivity contribution is 7.09. The van der Waals surface area contributed by atoms with Gasteiger partial charge in [-0.3, -0.25) is 9.89 Å². The molecule has 1 atom stereocenters. The molecule has 0 spiro atoms. The largest absolute Gasteiger partial charge is 0.497 e. The number of thiazole rings is 1. The Bertz CT molecular complexity index is 756. The second-order valence-electron chi connectivity index (χ2n) is 6.60. The van der Waals surface area contributed by atoms with Crippen molar-refractivity contribution in [1.29, 1.82) is 0 Å². The van der Waals surface area contributed by atoms with E-state index in [0.29, 0.717) is 0 Å². The van der Waals surface area contributed by atoms with E-state index in [1.54, 1.807) is 25.5 Å². The Kier molecular flexibility index (Phi) is 7.64. The van der Waals surface area contributed by atoms with Gasteiger partial charge in [0.1, 0.15) is 5.75 Å². The number of aliphatic imine (C=N–C) groups is 1. The first-order valence-corrected chi connectivity index (χ1v) is 10.4. The van der Waals surface area contributed by atoms with E-state index in [4.69, 9.17) is 9.47 Å². The molecule has 0 bridgehead atoms. The Morgan fingerprint density at radius 1 is 1.29 bits per heavy atom. The van der Waals surface area contributed by atoms with Crippen molar-refractivity contribution in [2.75, 3.05) is 47.0 Å². The molecule has 1 aromatic heterocycles. The molecule has 28 heavy (non-hydrogen) atoms. The zero-order valence-electron chi connectivity index (χ0n) is 16.8. The number of ether oxygens (including phenoxy) is 2. The first-order chi connectivity index (χ1) is 13.7. The average molecular weight is 404 g/mol. The number of nitrogens with zero attached hydrogens (tertiary/aromatic N) is 3. The lowest BCUT2D eigenvalue weighted by atomic mass is 10.0. The van der Waals surface area contributed by atoms with Crippen LogP contribution in [0.15, 0.2) is 34.8 Å². The first kappa shape index (κ1) is 20.6. The zero-order valence-corrected chi connectivity index (χ0v) is 17.6. The average Bonchev–Trinajstić information content (AvgIpc) is 3.16. The lowest BCUT2D eigenvalue weighted by Crippen LogP contribution is -2.46. The normalized spacial score (nSPS) is 16.6. The highest BCUT2D eigenvalue weighted by Gasteiger charge is 2.23. The van der Waals surface area contributed by atoms with Crippen molar-refractivity contribution in [3.05, 3.63) is 45.9 Å². The van der Waals surface area contributed by atoms with Crippen LogP contribution >= 0.6 is 11.3 Å². The molecule has 0 amide bonds. The van der Waals surface area contributed by atoms with Gasteiger partial charge in [-0.1, -0.05) is 12.1 Å². The Hall–Kier alpha value is -2.16. The van der Waals surface area contributed by atoms with Crippen LogP contribution in [0.4, 0.5) is 0 Å². The standard InChI is InChI=1S/C20H29N5O2S/c1-15-19(28-14-24-15)13-23-20(21-2)22-12-18(25-8-10-27-11-9-25)16-4-6-17(26-3)7-5-16/h4-7,14,18H,8-13H2,1-3H3,(H2,21,22,23). The van der Waals surface area contributed by atoms with Crippen LogP contribution in [-0.2, 0) is 11.3 Å². The van der Waals surface area contributed by atoms with Crippen molar-refractivity contribution in [1.82, 2.24) is 20.5 Å². The number of aromatic nitrogens is 1. The number of morpholine rings is 1. The Morgan fingerprint density at radius 2 is 2.04 bits per heavy atom. The number of methoxy groups -OCH3 is 1. The SMILES string of the molecule is CN=C(NCc1scnc1C)NCC(c1ccc(OC)cc1)N1CCOCC1. The van der Waals surface area contributed by atoms with Gasteiger partial charge in [0.05, 0.1) is 44.1 Å². The summed E-state index contributed by atoms with van der Waals surface area (Å²) in [4.78, 5) is 12.4. The predicted octanol–water partition coefficient (Wildman–Crippen LogP) is 2.20. The third kappa shape index (κ3) is 5.43. The third-order valence-electron chi connectivity index (χ3n) is 4.93. The van der Waals surface area contributed by atoms with Crippen LogP contribution in [-0.4, -0.2) is 62.8 Å². The number of aryl methyl sites for hydroxylation is 1. The van der Waals surface area contributed by atoms with Crippen molar-refractivity contribution in [2.45, 2.75) is 19.5 Å². The summed E-state index contributed by atoms with van der Waals surface area (Å²) < 4.78 is 10.8. The highest BCUT2D eigenvalue weighted by Crippen LogP contribution is 2.23. The number of hydrogen-bond donors (Lipinski definition) is 2. The van der Waals surface area contributed by atoms with E-state index in [1.807, 2.05) is 24.6 Å². The van der Waals surface area contributed by atoms with Crippen LogP contribution in [0.25, 0.3) is 0 Å². The first-order valence-electron chi connectivity index (χ1n) is 9.50. The van der Waals surface area contributed by atoms with Gasteiger partial charge in [0.25, 0.3) is 0 Å². The van der Waals surface area contributed by atoms with Crippen molar-refractivity contribution in [2.24, 2.45) is 4.99 Å². The van der Waals surface area contributed by atoms with Gasteiger partial charge in [-0.2, -0.15) is 0 Å². The molecular formula is C20H29N5O2S. The van der Waals surface area contributed by atoms with E-state index in [0.717, 1.165) is 56.8 Å². The van der Waals surface area contributed by atoms with Gasteiger partial charge in [0.15, 0.2) is 5.96 Å². The van der Waals surface area contributed by atoms with Crippen LogP contribution < -0.4 is 15.4 Å². The summed E-state index contributed by atoms with van der Waals surface area (Å²) in [6, 6.07) is 8.54. The van der Waals surface area contributed by atoms with Crippen LogP contribution in [0.2, 0.25) is 0 Å². The molecular weight excluding hydrogens is 374 g/mol. The molecule has 1 aliphatic heterocycles. The van der Waals surface area contributed by atoms with E-state index in [-0.39, 0.29) is 6.04 Å². The summed E-state index contributed by atoms with van der Waals surface area (Å²) in [7, 11) is 3.49. The second-order valence-corrected chi connectivity index (χ2v) is 7.54. The van der Waals surface area contributed by atoms with E-state index in [2.05, 4.69) is 37.6 Å². The van der Waals surface area contributed by atoms with Crippen LogP contribution in [0, 0.1) is 6.92 Å². The van der Waals surface area contributed by atoms with Gasteiger partial charge >= 0.3 is 0 Å². The summed E-state index contributed by atoms with van der Waals surface area (Å²) in [5.74, 6) is 1.66. The molecule has 1 aromatic carbocycles. The molecule has 152 valence electrons. The smallest absolute Gasteiger partial charge is 0.191 e. The molecule has 2 aromatic rings. The molecule has 7 nitrogen and oxygen atoms in total. The van der Waals surface area contributed by atoms with E-state index < -0.39 is 0 Å². The van der Waals surface area contributed by atoms with E-state index in [9.17, 15) is 0 Å². The monoisotopic (exact) mass is 403 g/mol. The van der Waals surface area contributed by atoms with Gasteiger partial charge < -0.3 is 20.1 Å². The van der Waals surface area contributed by atoms with Crippen LogP contribution in [0.1, 0.15) is 22.2 Å². The number of nitrogens with one attached hydrogen (secondary N) is 2. The Labute approximate surface area is 170 Å².